The van der Waals surface area contributed by atoms with Crippen LogP contribution in [0.4, 0.5) is 0 Å². The van der Waals surface area contributed by atoms with Crippen LogP contribution in [0.15, 0.2) is 47.7 Å². The molecule has 116 valence electrons. The summed E-state index contributed by atoms with van der Waals surface area (Å²) in [6.07, 6.45) is 1.64. The number of carboxylic acid groups (broad SMARTS) is 1. The lowest BCUT2D eigenvalue weighted by atomic mass is 10.2. The molecule has 0 atom stereocenters. The molecule has 3 aromatic rings. The molecule has 2 heterocycles. The van der Waals surface area contributed by atoms with Crippen LogP contribution in [0, 0.1) is 0 Å². The number of H-pyrrole nitrogens is 1. The van der Waals surface area contributed by atoms with Crippen LogP contribution < -0.4 is 5.43 Å². The molecule has 6 nitrogen and oxygen atoms in total. The minimum Gasteiger partial charge on any atom is -0.477 e. The van der Waals surface area contributed by atoms with Gasteiger partial charge in [0.15, 0.2) is 0 Å². The Bertz CT molecular complexity index is 923. The number of aromatic nitrogens is 1. The number of nitrogens with zero attached hydrogens (tertiary/aromatic N) is 1. The van der Waals surface area contributed by atoms with E-state index < -0.39 is 5.97 Å². The molecule has 1 aromatic carbocycles. The van der Waals surface area contributed by atoms with Crippen molar-refractivity contribution in [2.45, 2.75) is 6.92 Å². The van der Waals surface area contributed by atoms with Gasteiger partial charge >= 0.3 is 5.97 Å². The number of benzene rings is 1. The van der Waals surface area contributed by atoms with Gasteiger partial charge in [-0.1, -0.05) is 18.2 Å². The second-order valence-electron chi connectivity index (χ2n) is 4.86. The Kier molecular flexibility index (Phi) is 3.94. The number of carbonyl (C=O) groups is 2. The molecule has 0 saturated carbocycles. The molecule has 2 aromatic heterocycles. The summed E-state index contributed by atoms with van der Waals surface area (Å²) in [4.78, 5) is 27.1. The molecule has 7 heteroatoms. The van der Waals surface area contributed by atoms with Gasteiger partial charge < -0.3 is 10.1 Å². The van der Waals surface area contributed by atoms with Gasteiger partial charge in [0, 0.05) is 17.1 Å². The summed E-state index contributed by atoms with van der Waals surface area (Å²) >= 11 is 1.11. The van der Waals surface area contributed by atoms with Crippen LogP contribution in [0.2, 0.25) is 0 Å². The van der Waals surface area contributed by atoms with E-state index in [0.717, 1.165) is 22.2 Å². The zero-order valence-corrected chi connectivity index (χ0v) is 13.0. The SMILES string of the molecule is C/C(=N\NC(=O)c1c[nH]c2ccccc12)c1ccc(C(=O)O)s1. The number of nitrogens with one attached hydrogen (secondary N) is 2. The predicted molar refractivity (Wildman–Crippen MR) is 89.3 cm³/mol. The molecule has 0 saturated heterocycles. The number of carboxylic acids is 1. The van der Waals surface area contributed by atoms with Crippen molar-refractivity contribution in [3.8, 4) is 0 Å². The standard InChI is InChI=1S/C16H13N3O3S/c1-9(13-6-7-14(23-13)16(21)22)18-19-15(20)11-8-17-12-5-3-2-4-10(11)12/h2-8,17H,1H3,(H,19,20)(H,21,22)/b18-9+. The van der Waals surface area contributed by atoms with E-state index in [1.807, 2.05) is 24.3 Å². The van der Waals surface area contributed by atoms with Gasteiger partial charge in [0.05, 0.1) is 16.2 Å². The van der Waals surface area contributed by atoms with E-state index in [2.05, 4.69) is 15.5 Å². The summed E-state index contributed by atoms with van der Waals surface area (Å²) in [6, 6.07) is 10.7. The molecule has 3 rings (SSSR count). The van der Waals surface area contributed by atoms with Gasteiger partial charge in [0.25, 0.3) is 5.91 Å². The first-order chi connectivity index (χ1) is 11.1. The van der Waals surface area contributed by atoms with Crippen LogP contribution in [0.25, 0.3) is 10.9 Å². The fourth-order valence-electron chi connectivity index (χ4n) is 2.16. The van der Waals surface area contributed by atoms with Crippen molar-refractivity contribution in [2.24, 2.45) is 5.10 Å². The van der Waals surface area contributed by atoms with E-state index in [9.17, 15) is 9.59 Å². The number of thiophene rings is 1. The third-order valence-electron chi connectivity index (χ3n) is 3.33. The Morgan fingerprint density at radius 2 is 1.91 bits per heavy atom. The average Bonchev–Trinajstić information content (AvgIpc) is 3.19. The number of rotatable bonds is 4. The van der Waals surface area contributed by atoms with Crippen LogP contribution in [-0.4, -0.2) is 27.7 Å². The average molecular weight is 327 g/mol. The molecule has 0 aliphatic carbocycles. The minimum absolute atomic E-state index is 0.234. The van der Waals surface area contributed by atoms with Gasteiger partial charge in [-0.15, -0.1) is 11.3 Å². The number of fused-ring (bicyclic) bond motifs is 1. The van der Waals surface area contributed by atoms with Gasteiger partial charge in [0.2, 0.25) is 0 Å². The predicted octanol–water partition coefficient (Wildman–Crippen LogP) is 3.08. The van der Waals surface area contributed by atoms with Gasteiger partial charge in [0.1, 0.15) is 4.88 Å². The summed E-state index contributed by atoms with van der Waals surface area (Å²) in [5.74, 6) is -1.30. The molecule has 0 radical (unpaired) electrons. The van der Waals surface area contributed by atoms with Crippen molar-refractivity contribution in [3.05, 3.63) is 57.9 Å². The second-order valence-corrected chi connectivity index (χ2v) is 5.94. The van der Waals surface area contributed by atoms with Crippen LogP contribution in [0.1, 0.15) is 31.8 Å². The highest BCUT2D eigenvalue weighted by Crippen LogP contribution is 2.18. The first-order valence-corrected chi connectivity index (χ1v) is 7.62. The third-order valence-corrected chi connectivity index (χ3v) is 4.51. The van der Waals surface area contributed by atoms with E-state index >= 15 is 0 Å². The molecule has 3 N–H and O–H groups in total. The lowest BCUT2D eigenvalue weighted by molar-refractivity contribution is 0.0702. The second kappa shape index (κ2) is 6.05. The van der Waals surface area contributed by atoms with E-state index in [-0.39, 0.29) is 10.8 Å². The molecular formula is C16H13N3O3S. The van der Waals surface area contributed by atoms with Crippen LogP contribution in [0.3, 0.4) is 0 Å². The van der Waals surface area contributed by atoms with Crippen molar-refractivity contribution < 1.29 is 14.7 Å². The fourth-order valence-corrected chi connectivity index (χ4v) is 2.95. The van der Waals surface area contributed by atoms with E-state index in [1.54, 1.807) is 19.2 Å². The Morgan fingerprint density at radius 3 is 2.65 bits per heavy atom. The highest BCUT2D eigenvalue weighted by molar-refractivity contribution is 7.15. The molecule has 0 fully saturated rings. The highest BCUT2D eigenvalue weighted by Gasteiger charge is 2.12. The van der Waals surface area contributed by atoms with E-state index in [1.165, 1.54) is 6.07 Å². The number of hydrogen-bond donors (Lipinski definition) is 3. The van der Waals surface area contributed by atoms with Crippen molar-refractivity contribution in [3.63, 3.8) is 0 Å². The fraction of sp³-hybridized carbons (Fsp3) is 0.0625. The molecule has 0 aliphatic heterocycles. The number of hydrogen-bond acceptors (Lipinski definition) is 4. The van der Waals surface area contributed by atoms with E-state index in [0.29, 0.717) is 16.2 Å². The number of carbonyl (C=O) groups excluding carboxylic acids is 1. The van der Waals surface area contributed by atoms with Gasteiger partial charge in [-0.3, -0.25) is 4.79 Å². The van der Waals surface area contributed by atoms with Gasteiger partial charge in [-0.2, -0.15) is 5.10 Å². The zero-order valence-electron chi connectivity index (χ0n) is 12.2. The van der Waals surface area contributed by atoms with Crippen LogP contribution in [0.5, 0.6) is 0 Å². The maximum absolute atomic E-state index is 12.2. The van der Waals surface area contributed by atoms with Crippen LogP contribution in [-0.2, 0) is 0 Å². The number of aromatic carboxylic acids is 1. The lowest BCUT2D eigenvalue weighted by Crippen LogP contribution is -2.18. The van der Waals surface area contributed by atoms with Gasteiger partial charge in [-0.25, -0.2) is 10.2 Å². The Hall–Kier alpha value is -2.93. The summed E-state index contributed by atoms with van der Waals surface area (Å²) in [5, 5.41) is 13.8. The summed E-state index contributed by atoms with van der Waals surface area (Å²) in [6.45, 7) is 1.72. The van der Waals surface area contributed by atoms with Crippen LogP contribution >= 0.6 is 11.3 Å². The summed E-state index contributed by atoms with van der Waals surface area (Å²) < 4.78 is 0. The summed E-state index contributed by atoms with van der Waals surface area (Å²) in [5.41, 5.74) is 4.44. The first-order valence-electron chi connectivity index (χ1n) is 6.80. The molecule has 0 aliphatic rings. The quantitative estimate of drug-likeness (QED) is 0.507. The number of para-hydroxylation sites is 1. The summed E-state index contributed by atoms with van der Waals surface area (Å²) in [7, 11) is 0. The topological polar surface area (TPSA) is 94.5 Å². The molecule has 1 amide bonds. The maximum atomic E-state index is 12.2. The Labute approximate surface area is 135 Å². The number of aromatic amines is 1. The number of hydrazone groups is 1. The smallest absolute Gasteiger partial charge is 0.345 e. The largest absolute Gasteiger partial charge is 0.477 e. The first kappa shape index (κ1) is 15.0. The van der Waals surface area contributed by atoms with Crippen molar-refractivity contribution in [1.29, 1.82) is 0 Å². The maximum Gasteiger partial charge on any atom is 0.345 e. The minimum atomic E-state index is -0.975. The molecule has 23 heavy (non-hydrogen) atoms. The van der Waals surface area contributed by atoms with Crippen molar-refractivity contribution >= 4 is 39.8 Å². The van der Waals surface area contributed by atoms with Crippen molar-refractivity contribution in [2.75, 3.05) is 0 Å². The molecule has 0 unspecified atom stereocenters. The Balaban J connectivity index is 1.78. The highest BCUT2D eigenvalue weighted by atomic mass is 32.1. The molecule has 0 spiro atoms. The zero-order chi connectivity index (χ0) is 16.4. The lowest BCUT2D eigenvalue weighted by Gasteiger charge is -2.00. The normalized spacial score (nSPS) is 11.6. The van der Waals surface area contributed by atoms with Gasteiger partial charge in [-0.05, 0) is 25.1 Å². The van der Waals surface area contributed by atoms with E-state index in [4.69, 9.17) is 5.11 Å². The monoisotopic (exact) mass is 327 g/mol. The number of amides is 1. The molecule has 0 bridgehead atoms. The Morgan fingerprint density at radius 1 is 1.17 bits per heavy atom. The third kappa shape index (κ3) is 3.00. The molecular weight excluding hydrogens is 314 g/mol. The van der Waals surface area contributed by atoms with Crippen molar-refractivity contribution in [1.82, 2.24) is 10.4 Å².